The molecule has 0 aliphatic heterocycles. The van der Waals surface area contributed by atoms with E-state index in [4.69, 9.17) is 0 Å². The summed E-state index contributed by atoms with van der Waals surface area (Å²) in [4.78, 5) is 0. The second kappa shape index (κ2) is 5.32. The van der Waals surface area contributed by atoms with Crippen LogP contribution in [0.4, 0.5) is 13.2 Å². The molecule has 3 nitrogen and oxygen atoms in total. The Bertz CT molecular complexity index is 265. The molecule has 0 aromatic rings. The lowest BCUT2D eigenvalue weighted by Gasteiger charge is -2.21. The summed E-state index contributed by atoms with van der Waals surface area (Å²) in [5.74, 6) is 0. The van der Waals surface area contributed by atoms with Crippen molar-refractivity contribution < 1.29 is 21.6 Å². The number of nitrogens with zero attached hydrogens (tertiary/aromatic N) is 1. The van der Waals surface area contributed by atoms with E-state index in [0.717, 1.165) is 0 Å². The summed E-state index contributed by atoms with van der Waals surface area (Å²) in [5.41, 5.74) is 0. The third-order valence-corrected chi connectivity index (χ3v) is 4.47. The maximum Gasteiger partial charge on any atom is 0.402 e. The number of rotatable bonds is 5. The molecule has 0 fully saturated rings. The first-order chi connectivity index (χ1) is 6.23. The van der Waals surface area contributed by atoms with Crippen LogP contribution in [0.3, 0.4) is 0 Å². The predicted molar refractivity (Wildman–Crippen MR) is 50.6 cm³/mol. The topological polar surface area (TPSA) is 37.4 Å². The fourth-order valence-corrected chi connectivity index (χ4v) is 2.65. The van der Waals surface area contributed by atoms with Crippen molar-refractivity contribution in [2.75, 3.05) is 17.8 Å². The van der Waals surface area contributed by atoms with Crippen LogP contribution < -0.4 is 0 Å². The van der Waals surface area contributed by atoms with E-state index in [1.165, 1.54) is 0 Å². The largest absolute Gasteiger partial charge is 0.402 e. The molecule has 0 atom stereocenters. The molecule has 0 saturated carbocycles. The average molecular weight is 298 g/mol. The molecule has 0 saturated heterocycles. The van der Waals surface area contributed by atoms with Crippen LogP contribution in [0.2, 0.25) is 0 Å². The van der Waals surface area contributed by atoms with Crippen LogP contribution in [0.1, 0.15) is 13.3 Å². The van der Waals surface area contributed by atoms with Gasteiger partial charge in [-0.2, -0.15) is 17.5 Å². The molecule has 0 radical (unpaired) electrons. The zero-order chi connectivity index (χ0) is 11.4. The molecule has 0 bridgehead atoms. The van der Waals surface area contributed by atoms with Gasteiger partial charge >= 0.3 is 6.18 Å². The summed E-state index contributed by atoms with van der Waals surface area (Å²) >= 11 is 2.65. The highest BCUT2D eigenvalue weighted by atomic mass is 79.9. The van der Waals surface area contributed by atoms with E-state index >= 15 is 0 Å². The maximum atomic E-state index is 12.0. The summed E-state index contributed by atoms with van der Waals surface area (Å²) < 4.78 is 58.2. The maximum absolute atomic E-state index is 12.0. The van der Waals surface area contributed by atoms with Gasteiger partial charge in [-0.25, -0.2) is 8.42 Å². The van der Waals surface area contributed by atoms with Gasteiger partial charge in [-0.3, -0.25) is 0 Å². The molecule has 0 aliphatic carbocycles. The van der Waals surface area contributed by atoms with Crippen LogP contribution in [-0.2, 0) is 10.0 Å². The van der Waals surface area contributed by atoms with Gasteiger partial charge in [-0.15, -0.1) is 0 Å². The van der Waals surface area contributed by atoms with Crippen molar-refractivity contribution in [3.05, 3.63) is 0 Å². The quantitative estimate of drug-likeness (QED) is 0.727. The van der Waals surface area contributed by atoms with Gasteiger partial charge in [-0.1, -0.05) is 22.9 Å². The Morgan fingerprint density at radius 2 is 1.86 bits per heavy atom. The van der Waals surface area contributed by atoms with Gasteiger partial charge in [0.05, 0.1) is 0 Å². The number of hydrogen-bond donors (Lipinski definition) is 0. The fraction of sp³-hybridized carbons (Fsp3) is 1.00. The lowest BCUT2D eigenvalue weighted by Crippen LogP contribution is -2.39. The number of halogens is 4. The molecule has 0 spiro atoms. The zero-order valence-electron chi connectivity index (χ0n) is 7.51. The van der Waals surface area contributed by atoms with Crippen molar-refractivity contribution in [1.29, 1.82) is 0 Å². The highest BCUT2D eigenvalue weighted by molar-refractivity contribution is 9.10. The minimum Gasteiger partial charge on any atom is -0.211 e. The van der Waals surface area contributed by atoms with Gasteiger partial charge in [0, 0.05) is 6.54 Å². The van der Waals surface area contributed by atoms with E-state index < -0.39 is 27.4 Å². The lowest BCUT2D eigenvalue weighted by molar-refractivity contribution is -0.136. The van der Waals surface area contributed by atoms with Gasteiger partial charge < -0.3 is 0 Å². The van der Waals surface area contributed by atoms with Crippen LogP contribution in [0.15, 0.2) is 0 Å². The number of hydrogen-bond acceptors (Lipinski definition) is 2. The first-order valence-electron chi connectivity index (χ1n) is 3.83. The summed E-state index contributed by atoms with van der Waals surface area (Å²) in [5, 5.41) is 0. The smallest absolute Gasteiger partial charge is 0.211 e. The van der Waals surface area contributed by atoms with E-state index in [2.05, 4.69) is 15.9 Å². The average Bonchev–Trinajstić information content (AvgIpc) is 2.01. The zero-order valence-corrected chi connectivity index (χ0v) is 9.91. The van der Waals surface area contributed by atoms with Gasteiger partial charge in [0.25, 0.3) is 0 Å². The summed E-state index contributed by atoms with van der Waals surface area (Å²) in [7, 11) is -3.83. The first kappa shape index (κ1) is 14.2. The molecule has 0 amide bonds. The van der Waals surface area contributed by atoms with Crippen molar-refractivity contribution >= 4 is 26.0 Å². The molecule has 0 N–H and O–H groups in total. The molecule has 0 heterocycles. The van der Waals surface area contributed by atoms with Crippen molar-refractivity contribution in [3.8, 4) is 0 Å². The Kier molecular flexibility index (Phi) is 5.38. The molecule has 0 aliphatic rings. The SMILES string of the molecule is CCCN(CC(F)(F)F)S(=O)(=O)CBr. The Labute approximate surface area is 89.4 Å². The number of sulfonamides is 1. The van der Waals surface area contributed by atoms with Crippen LogP contribution in [-0.4, -0.2) is 36.7 Å². The molecule has 0 unspecified atom stereocenters. The van der Waals surface area contributed by atoms with Crippen LogP contribution in [0.25, 0.3) is 0 Å². The summed E-state index contributed by atoms with van der Waals surface area (Å²) in [6.45, 7) is 0.0787. The molecule has 8 heteroatoms. The van der Waals surface area contributed by atoms with Crippen molar-refractivity contribution in [1.82, 2.24) is 4.31 Å². The van der Waals surface area contributed by atoms with Crippen molar-refractivity contribution in [2.45, 2.75) is 19.5 Å². The van der Waals surface area contributed by atoms with Gasteiger partial charge in [0.15, 0.2) is 0 Å². The second-order valence-corrected chi connectivity index (χ2v) is 5.94. The molecule has 86 valence electrons. The Morgan fingerprint density at radius 3 is 2.14 bits per heavy atom. The standard InChI is InChI=1S/C6H11BrF3NO2S/c1-2-3-11(4-6(8,9)10)14(12,13)5-7/h2-5H2,1H3. The second-order valence-electron chi connectivity index (χ2n) is 2.67. The van der Waals surface area contributed by atoms with Gasteiger partial charge in [0.2, 0.25) is 10.0 Å². The highest BCUT2D eigenvalue weighted by Crippen LogP contribution is 2.19. The minimum absolute atomic E-state index is 0.118. The summed E-state index contributed by atoms with van der Waals surface area (Å²) in [6.07, 6.45) is -4.15. The lowest BCUT2D eigenvalue weighted by atomic mass is 10.5. The molecule has 0 aromatic heterocycles. The van der Waals surface area contributed by atoms with Crippen LogP contribution >= 0.6 is 15.9 Å². The van der Waals surface area contributed by atoms with E-state index in [0.29, 0.717) is 10.7 Å². The number of alkyl halides is 4. The predicted octanol–water partition coefficient (Wildman–Crippen LogP) is 1.94. The van der Waals surface area contributed by atoms with Crippen LogP contribution in [0.5, 0.6) is 0 Å². The summed E-state index contributed by atoms with van der Waals surface area (Å²) in [6, 6.07) is 0. The molecule has 14 heavy (non-hydrogen) atoms. The third-order valence-electron chi connectivity index (χ3n) is 1.36. The first-order valence-corrected chi connectivity index (χ1v) is 6.56. The van der Waals surface area contributed by atoms with Crippen LogP contribution in [0, 0.1) is 0 Å². The molecule has 0 rings (SSSR count). The third kappa shape index (κ3) is 5.16. The van der Waals surface area contributed by atoms with E-state index in [1.807, 2.05) is 0 Å². The normalized spacial score (nSPS) is 13.6. The van der Waals surface area contributed by atoms with Gasteiger partial charge in [0.1, 0.15) is 11.2 Å². The van der Waals surface area contributed by atoms with Crippen molar-refractivity contribution in [2.24, 2.45) is 0 Å². The molecular weight excluding hydrogens is 287 g/mol. The molecule has 0 aromatic carbocycles. The minimum atomic E-state index is -4.50. The molecular formula is C6H11BrF3NO2S. The van der Waals surface area contributed by atoms with Gasteiger partial charge in [-0.05, 0) is 6.42 Å². The Balaban J connectivity index is 4.62. The Morgan fingerprint density at radius 1 is 1.36 bits per heavy atom. The highest BCUT2D eigenvalue weighted by Gasteiger charge is 2.35. The van der Waals surface area contributed by atoms with E-state index in [9.17, 15) is 21.6 Å². The Hall–Kier alpha value is 0.180. The van der Waals surface area contributed by atoms with E-state index in [-0.39, 0.29) is 6.54 Å². The van der Waals surface area contributed by atoms with E-state index in [1.54, 1.807) is 6.92 Å². The monoisotopic (exact) mass is 297 g/mol. The fourth-order valence-electron chi connectivity index (χ4n) is 0.835. The van der Waals surface area contributed by atoms with Crippen molar-refractivity contribution in [3.63, 3.8) is 0 Å².